The van der Waals surface area contributed by atoms with Crippen LogP contribution in [-0.2, 0) is 14.8 Å². The fraction of sp³-hybridized carbons (Fsp3) is 0.350. The summed E-state index contributed by atoms with van der Waals surface area (Å²) in [5.41, 5.74) is 0.634. The highest BCUT2D eigenvalue weighted by molar-refractivity contribution is 7.88. The first-order valence-electron chi connectivity index (χ1n) is 8.82. The highest BCUT2D eigenvalue weighted by Crippen LogP contribution is 2.22. The van der Waals surface area contributed by atoms with E-state index in [-0.39, 0.29) is 24.8 Å². The number of sulfonamides is 1. The molecule has 2 rings (SSSR count). The molecule has 6 nitrogen and oxygen atoms in total. The Balaban J connectivity index is 1.88. The molecule has 2 aromatic rings. The van der Waals surface area contributed by atoms with E-state index in [2.05, 4.69) is 5.32 Å². The molecule has 0 fully saturated rings. The minimum atomic E-state index is -3.33. The maximum Gasteiger partial charge on any atom is 0.225 e. The highest BCUT2D eigenvalue weighted by atomic mass is 32.2. The van der Waals surface area contributed by atoms with Crippen LogP contribution in [-0.4, -0.2) is 38.0 Å². The van der Waals surface area contributed by atoms with Crippen molar-refractivity contribution in [3.63, 3.8) is 0 Å². The Kier molecular flexibility index (Phi) is 7.38. The molecule has 2 aromatic carbocycles. The topological polar surface area (TPSA) is 75.7 Å². The van der Waals surface area contributed by atoms with E-state index in [4.69, 9.17) is 4.74 Å². The van der Waals surface area contributed by atoms with Gasteiger partial charge in [-0.1, -0.05) is 32.0 Å². The van der Waals surface area contributed by atoms with Gasteiger partial charge in [0.25, 0.3) is 0 Å². The number of carbonyl (C=O) groups is 1. The van der Waals surface area contributed by atoms with Crippen LogP contribution in [0.15, 0.2) is 54.6 Å². The van der Waals surface area contributed by atoms with Gasteiger partial charge in [0.15, 0.2) is 0 Å². The van der Waals surface area contributed by atoms with Gasteiger partial charge in [-0.05, 0) is 42.3 Å². The number of amides is 1. The molecule has 1 N–H and O–H groups in total. The summed E-state index contributed by atoms with van der Waals surface area (Å²) in [6, 6.07) is 16.5. The van der Waals surface area contributed by atoms with Gasteiger partial charge in [0.05, 0.1) is 6.26 Å². The molecule has 0 saturated carbocycles. The molecule has 146 valence electrons. The Labute approximate surface area is 161 Å². The molecule has 0 aliphatic carbocycles. The Morgan fingerprint density at radius 3 is 2.19 bits per heavy atom. The van der Waals surface area contributed by atoms with Gasteiger partial charge in [-0.15, -0.1) is 0 Å². The van der Waals surface area contributed by atoms with E-state index < -0.39 is 10.0 Å². The first-order chi connectivity index (χ1) is 12.7. The van der Waals surface area contributed by atoms with Crippen molar-refractivity contribution in [1.82, 2.24) is 4.31 Å². The second-order valence-electron chi connectivity index (χ2n) is 6.75. The Morgan fingerprint density at radius 2 is 1.63 bits per heavy atom. The molecule has 27 heavy (non-hydrogen) atoms. The normalized spacial score (nSPS) is 11.6. The number of para-hydroxylation sites is 1. The van der Waals surface area contributed by atoms with Gasteiger partial charge in [-0.3, -0.25) is 4.79 Å². The van der Waals surface area contributed by atoms with Crippen LogP contribution in [0.4, 0.5) is 5.69 Å². The number of anilines is 1. The third-order valence-corrected chi connectivity index (χ3v) is 5.01. The molecule has 0 heterocycles. The summed E-state index contributed by atoms with van der Waals surface area (Å²) in [6.45, 7) is 4.45. The fourth-order valence-corrected chi connectivity index (χ4v) is 3.47. The molecule has 0 aromatic heterocycles. The number of ether oxygens (including phenoxy) is 1. The number of benzene rings is 2. The summed E-state index contributed by atoms with van der Waals surface area (Å²) >= 11 is 0. The molecule has 0 unspecified atom stereocenters. The lowest BCUT2D eigenvalue weighted by Gasteiger charge is -2.21. The summed E-state index contributed by atoms with van der Waals surface area (Å²) < 4.78 is 30.7. The average Bonchev–Trinajstić information content (AvgIpc) is 2.60. The van der Waals surface area contributed by atoms with Crippen LogP contribution in [0.2, 0.25) is 0 Å². The van der Waals surface area contributed by atoms with Crippen molar-refractivity contribution in [1.29, 1.82) is 0 Å². The number of hydrogen-bond acceptors (Lipinski definition) is 4. The van der Waals surface area contributed by atoms with E-state index in [1.165, 1.54) is 10.6 Å². The Morgan fingerprint density at radius 1 is 1.04 bits per heavy atom. The minimum Gasteiger partial charge on any atom is -0.457 e. The SMILES string of the molecule is CC(C)CN(CCC(=O)Nc1ccc(Oc2ccccc2)cc1)S(C)(=O)=O. The largest absolute Gasteiger partial charge is 0.457 e. The number of nitrogens with zero attached hydrogens (tertiary/aromatic N) is 1. The zero-order valence-electron chi connectivity index (χ0n) is 15.9. The summed E-state index contributed by atoms with van der Waals surface area (Å²) in [5.74, 6) is 1.36. The molecule has 0 atom stereocenters. The predicted octanol–water partition coefficient (Wildman–Crippen LogP) is 3.73. The maximum atomic E-state index is 12.1. The lowest BCUT2D eigenvalue weighted by atomic mass is 10.2. The summed E-state index contributed by atoms with van der Waals surface area (Å²) in [4.78, 5) is 12.1. The van der Waals surface area contributed by atoms with Crippen LogP contribution < -0.4 is 10.1 Å². The molecule has 0 bridgehead atoms. The smallest absolute Gasteiger partial charge is 0.225 e. The van der Waals surface area contributed by atoms with Crippen molar-refractivity contribution in [2.45, 2.75) is 20.3 Å². The van der Waals surface area contributed by atoms with Gasteiger partial charge in [0.1, 0.15) is 11.5 Å². The van der Waals surface area contributed by atoms with Gasteiger partial charge in [0, 0.05) is 25.2 Å². The highest BCUT2D eigenvalue weighted by Gasteiger charge is 2.18. The third kappa shape index (κ3) is 7.40. The molecule has 0 spiro atoms. The molecule has 0 radical (unpaired) electrons. The number of hydrogen-bond donors (Lipinski definition) is 1. The lowest BCUT2D eigenvalue weighted by Crippen LogP contribution is -2.35. The first kappa shape index (κ1) is 20.9. The van der Waals surface area contributed by atoms with E-state index in [1.807, 2.05) is 44.2 Å². The zero-order chi connectivity index (χ0) is 19.9. The second kappa shape index (κ2) is 9.53. The van der Waals surface area contributed by atoms with Gasteiger partial charge in [-0.2, -0.15) is 0 Å². The second-order valence-corrected chi connectivity index (χ2v) is 8.73. The van der Waals surface area contributed by atoms with Crippen molar-refractivity contribution in [3.8, 4) is 11.5 Å². The number of nitrogens with one attached hydrogen (secondary N) is 1. The van der Waals surface area contributed by atoms with Crippen molar-refractivity contribution in [2.24, 2.45) is 5.92 Å². The van der Waals surface area contributed by atoms with Crippen molar-refractivity contribution in [2.75, 3.05) is 24.7 Å². The standard InChI is InChI=1S/C20H26N2O4S/c1-16(2)15-22(27(3,24)25)14-13-20(23)21-17-9-11-19(12-10-17)26-18-7-5-4-6-8-18/h4-12,16H,13-15H2,1-3H3,(H,21,23). The molecular formula is C20H26N2O4S. The molecule has 0 aliphatic rings. The molecule has 0 saturated heterocycles. The summed E-state index contributed by atoms with van der Waals surface area (Å²) in [7, 11) is -3.33. The Bertz CT molecular complexity index is 834. The predicted molar refractivity (Wildman–Crippen MR) is 107 cm³/mol. The van der Waals surface area contributed by atoms with Gasteiger partial charge in [-0.25, -0.2) is 12.7 Å². The van der Waals surface area contributed by atoms with Gasteiger partial charge >= 0.3 is 0 Å². The maximum absolute atomic E-state index is 12.1. The summed E-state index contributed by atoms with van der Waals surface area (Å²) in [5, 5.41) is 2.78. The van der Waals surface area contributed by atoms with Crippen molar-refractivity contribution in [3.05, 3.63) is 54.6 Å². The van der Waals surface area contributed by atoms with E-state index in [9.17, 15) is 13.2 Å². The zero-order valence-corrected chi connectivity index (χ0v) is 16.7. The minimum absolute atomic E-state index is 0.0993. The lowest BCUT2D eigenvalue weighted by molar-refractivity contribution is -0.116. The molecule has 0 aliphatic heterocycles. The monoisotopic (exact) mass is 390 g/mol. The Hall–Kier alpha value is -2.38. The molecule has 7 heteroatoms. The van der Waals surface area contributed by atoms with Crippen LogP contribution >= 0.6 is 0 Å². The van der Waals surface area contributed by atoms with Crippen LogP contribution in [0.3, 0.4) is 0 Å². The van der Waals surface area contributed by atoms with Gasteiger partial charge < -0.3 is 10.1 Å². The van der Waals surface area contributed by atoms with Crippen LogP contribution in [0.1, 0.15) is 20.3 Å². The molecule has 1 amide bonds. The molecular weight excluding hydrogens is 364 g/mol. The van der Waals surface area contributed by atoms with Crippen LogP contribution in [0.5, 0.6) is 11.5 Å². The fourth-order valence-electron chi connectivity index (χ4n) is 2.48. The van der Waals surface area contributed by atoms with E-state index in [0.29, 0.717) is 18.0 Å². The van der Waals surface area contributed by atoms with Crippen molar-refractivity contribution >= 4 is 21.6 Å². The first-order valence-corrected chi connectivity index (χ1v) is 10.7. The van der Waals surface area contributed by atoms with Crippen LogP contribution in [0, 0.1) is 5.92 Å². The average molecular weight is 391 g/mol. The van der Waals surface area contributed by atoms with Gasteiger partial charge in [0.2, 0.25) is 15.9 Å². The third-order valence-electron chi connectivity index (χ3n) is 3.74. The number of carbonyl (C=O) groups excluding carboxylic acids is 1. The van der Waals surface area contributed by atoms with E-state index in [1.54, 1.807) is 24.3 Å². The van der Waals surface area contributed by atoms with E-state index >= 15 is 0 Å². The van der Waals surface area contributed by atoms with Crippen LogP contribution in [0.25, 0.3) is 0 Å². The number of rotatable bonds is 9. The quantitative estimate of drug-likeness (QED) is 0.708. The summed E-state index contributed by atoms with van der Waals surface area (Å²) in [6.07, 6.45) is 1.26. The van der Waals surface area contributed by atoms with E-state index in [0.717, 1.165) is 5.75 Å². The van der Waals surface area contributed by atoms with Crippen molar-refractivity contribution < 1.29 is 17.9 Å².